The quantitative estimate of drug-likeness (QED) is 0.376. The predicted molar refractivity (Wildman–Crippen MR) is 128 cm³/mol. The van der Waals surface area contributed by atoms with Gasteiger partial charge in [-0.1, -0.05) is 41.9 Å². The topological polar surface area (TPSA) is 46.4 Å². The van der Waals surface area contributed by atoms with Crippen LogP contribution in [0.5, 0.6) is 0 Å². The summed E-state index contributed by atoms with van der Waals surface area (Å²) in [4.78, 5) is 12.1. The maximum atomic E-state index is 12.1. The summed E-state index contributed by atoms with van der Waals surface area (Å²) in [6.07, 6.45) is 1.72. The molecule has 1 aromatic heterocycles. The number of nitrogens with one attached hydrogen (secondary N) is 1. The lowest BCUT2D eigenvalue weighted by Gasteiger charge is -2.15. The fourth-order valence-electron chi connectivity index (χ4n) is 3.47. The minimum absolute atomic E-state index is 0.117. The van der Waals surface area contributed by atoms with Crippen LogP contribution in [0.25, 0.3) is 5.69 Å². The zero-order valence-corrected chi connectivity index (χ0v) is 19.3. The SMILES string of the molecule is Cc1cccc(C)c1-n1c(C)cc(/C=N\NC(=O)CSCc2ccc(Cl)cc2)c1C. The van der Waals surface area contributed by atoms with Crippen LogP contribution in [-0.4, -0.2) is 22.4 Å². The summed E-state index contributed by atoms with van der Waals surface area (Å²) in [5.41, 5.74) is 10.6. The summed E-state index contributed by atoms with van der Waals surface area (Å²) in [5.74, 6) is 0.987. The first-order chi connectivity index (χ1) is 14.4. The summed E-state index contributed by atoms with van der Waals surface area (Å²) in [5, 5.41) is 4.88. The van der Waals surface area contributed by atoms with E-state index in [0.717, 1.165) is 28.3 Å². The lowest BCUT2D eigenvalue weighted by molar-refractivity contribution is -0.118. The van der Waals surface area contributed by atoms with E-state index in [2.05, 4.69) is 67.1 Å². The number of benzene rings is 2. The van der Waals surface area contributed by atoms with E-state index in [-0.39, 0.29) is 5.91 Å². The number of halogens is 1. The third-order valence-corrected chi connectivity index (χ3v) is 6.20. The standard InChI is InChI=1S/C24H26ClN3OS/c1-16-6-5-7-17(2)24(16)28-18(3)12-21(19(28)4)13-26-27-23(29)15-30-14-20-8-10-22(25)11-9-20/h5-13H,14-15H2,1-4H3,(H,27,29)/b26-13-. The van der Waals surface area contributed by atoms with Crippen molar-refractivity contribution in [1.82, 2.24) is 9.99 Å². The minimum atomic E-state index is -0.117. The number of amides is 1. The third kappa shape index (κ3) is 5.35. The lowest BCUT2D eigenvalue weighted by atomic mass is 10.1. The van der Waals surface area contributed by atoms with Crippen LogP contribution < -0.4 is 5.43 Å². The second kappa shape index (κ2) is 10.0. The molecule has 0 unspecified atom stereocenters. The molecule has 0 saturated heterocycles. The van der Waals surface area contributed by atoms with Crippen molar-refractivity contribution in [3.05, 3.63) is 87.2 Å². The Kier molecular flexibility index (Phi) is 7.40. The molecule has 0 bridgehead atoms. The van der Waals surface area contributed by atoms with Crippen molar-refractivity contribution in [2.45, 2.75) is 33.4 Å². The summed E-state index contributed by atoms with van der Waals surface area (Å²) >= 11 is 7.43. The molecule has 0 saturated carbocycles. The summed E-state index contributed by atoms with van der Waals surface area (Å²) < 4.78 is 2.25. The van der Waals surface area contributed by atoms with Gasteiger partial charge in [-0.05, 0) is 62.6 Å². The molecule has 1 amide bonds. The van der Waals surface area contributed by atoms with E-state index in [9.17, 15) is 4.79 Å². The number of carbonyl (C=O) groups is 1. The van der Waals surface area contributed by atoms with Gasteiger partial charge in [-0.25, -0.2) is 5.43 Å². The van der Waals surface area contributed by atoms with Gasteiger partial charge >= 0.3 is 0 Å². The number of nitrogens with zero attached hydrogens (tertiary/aromatic N) is 2. The smallest absolute Gasteiger partial charge is 0.250 e. The van der Waals surface area contributed by atoms with Crippen LogP contribution in [0.1, 0.15) is 33.6 Å². The zero-order chi connectivity index (χ0) is 21.7. The van der Waals surface area contributed by atoms with Crippen LogP contribution in [0, 0.1) is 27.7 Å². The predicted octanol–water partition coefficient (Wildman–Crippen LogP) is 5.75. The van der Waals surface area contributed by atoms with Gasteiger partial charge in [0.15, 0.2) is 0 Å². The van der Waals surface area contributed by atoms with Crippen molar-refractivity contribution < 1.29 is 4.79 Å². The molecule has 1 heterocycles. The molecule has 156 valence electrons. The fourth-order valence-corrected chi connectivity index (χ4v) is 4.38. The van der Waals surface area contributed by atoms with Gasteiger partial charge < -0.3 is 4.57 Å². The van der Waals surface area contributed by atoms with E-state index < -0.39 is 0 Å². The number of rotatable bonds is 7. The maximum Gasteiger partial charge on any atom is 0.250 e. The molecule has 3 rings (SSSR count). The van der Waals surface area contributed by atoms with Crippen molar-refractivity contribution >= 4 is 35.5 Å². The summed E-state index contributed by atoms with van der Waals surface area (Å²) in [7, 11) is 0. The molecule has 6 heteroatoms. The van der Waals surface area contributed by atoms with E-state index in [1.165, 1.54) is 16.8 Å². The Morgan fingerprint density at radius 1 is 1.10 bits per heavy atom. The minimum Gasteiger partial charge on any atom is -0.317 e. The van der Waals surface area contributed by atoms with E-state index in [0.29, 0.717) is 10.8 Å². The number of hydrazone groups is 1. The van der Waals surface area contributed by atoms with Gasteiger partial charge in [0.05, 0.1) is 17.7 Å². The number of para-hydroxylation sites is 1. The van der Waals surface area contributed by atoms with Crippen molar-refractivity contribution in [3.63, 3.8) is 0 Å². The molecule has 0 fully saturated rings. The van der Waals surface area contributed by atoms with E-state index in [1.54, 1.807) is 18.0 Å². The van der Waals surface area contributed by atoms with Crippen LogP contribution >= 0.6 is 23.4 Å². The normalized spacial score (nSPS) is 11.2. The Labute approximate surface area is 187 Å². The molecule has 4 nitrogen and oxygen atoms in total. The van der Waals surface area contributed by atoms with Crippen LogP contribution in [0.4, 0.5) is 0 Å². The first-order valence-corrected chi connectivity index (χ1v) is 11.3. The first-order valence-electron chi connectivity index (χ1n) is 9.76. The third-order valence-electron chi connectivity index (χ3n) is 4.94. The monoisotopic (exact) mass is 439 g/mol. The van der Waals surface area contributed by atoms with Crippen molar-refractivity contribution in [2.24, 2.45) is 5.10 Å². The second-order valence-corrected chi connectivity index (χ2v) is 8.74. The average molecular weight is 440 g/mol. The van der Waals surface area contributed by atoms with Crippen molar-refractivity contribution in [3.8, 4) is 5.69 Å². The van der Waals surface area contributed by atoms with Gasteiger partial charge in [0, 0.05) is 27.7 Å². The highest BCUT2D eigenvalue weighted by Gasteiger charge is 2.13. The number of aromatic nitrogens is 1. The van der Waals surface area contributed by atoms with Crippen molar-refractivity contribution in [1.29, 1.82) is 0 Å². The number of hydrogen-bond donors (Lipinski definition) is 1. The zero-order valence-electron chi connectivity index (χ0n) is 17.7. The van der Waals surface area contributed by atoms with E-state index in [1.807, 2.05) is 24.3 Å². The molecule has 1 N–H and O–H groups in total. The maximum absolute atomic E-state index is 12.1. The van der Waals surface area contributed by atoms with Gasteiger partial charge in [0.1, 0.15) is 0 Å². The molecule has 3 aromatic rings. The van der Waals surface area contributed by atoms with Gasteiger partial charge in [-0.3, -0.25) is 4.79 Å². The van der Waals surface area contributed by atoms with Gasteiger partial charge in [-0.15, -0.1) is 11.8 Å². The Morgan fingerprint density at radius 3 is 2.43 bits per heavy atom. The van der Waals surface area contributed by atoms with E-state index >= 15 is 0 Å². The number of hydrogen-bond acceptors (Lipinski definition) is 3. The van der Waals surface area contributed by atoms with Crippen LogP contribution in [0.15, 0.2) is 53.6 Å². The summed E-state index contributed by atoms with van der Waals surface area (Å²) in [6, 6.07) is 16.1. The second-order valence-electron chi connectivity index (χ2n) is 7.31. The number of aryl methyl sites for hydroxylation is 3. The van der Waals surface area contributed by atoms with Gasteiger partial charge in [0.25, 0.3) is 0 Å². The Balaban J connectivity index is 1.60. The van der Waals surface area contributed by atoms with E-state index in [4.69, 9.17) is 11.6 Å². The Hall–Kier alpha value is -2.50. The molecule has 0 aliphatic rings. The van der Waals surface area contributed by atoms with Crippen LogP contribution in [-0.2, 0) is 10.5 Å². The fraction of sp³-hybridized carbons (Fsp3) is 0.250. The van der Waals surface area contributed by atoms with Crippen molar-refractivity contribution in [2.75, 3.05) is 5.75 Å². The molecule has 30 heavy (non-hydrogen) atoms. The average Bonchev–Trinajstić information content (AvgIpc) is 2.97. The first kappa shape index (κ1) is 22.2. The molecule has 2 aromatic carbocycles. The molecule has 0 aliphatic heterocycles. The highest BCUT2D eigenvalue weighted by molar-refractivity contribution is 7.99. The van der Waals surface area contributed by atoms with Gasteiger partial charge in [-0.2, -0.15) is 5.10 Å². The highest BCUT2D eigenvalue weighted by atomic mass is 35.5. The highest BCUT2D eigenvalue weighted by Crippen LogP contribution is 2.25. The molecular formula is C24H26ClN3OS. The Morgan fingerprint density at radius 2 is 1.77 bits per heavy atom. The lowest BCUT2D eigenvalue weighted by Crippen LogP contribution is -2.19. The van der Waals surface area contributed by atoms with Gasteiger partial charge in [0.2, 0.25) is 5.91 Å². The molecular weight excluding hydrogens is 414 g/mol. The molecule has 0 spiro atoms. The van der Waals surface area contributed by atoms with Crippen LogP contribution in [0.3, 0.4) is 0 Å². The largest absolute Gasteiger partial charge is 0.317 e. The summed E-state index contributed by atoms with van der Waals surface area (Å²) in [6.45, 7) is 8.40. The Bertz CT molecular complexity index is 1050. The molecule has 0 atom stereocenters. The van der Waals surface area contributed by atoms with Crippen LogP contribution in [0.2, 0.25) is 5.02 Å². The molecule has 0 radical (unpaired) electrons. The number of carbonyl (C=O) groups excluding carboxylic acids is 1. The molecule has 0 aliphatic carbocycles. The number of thioether (sulfide) groups is 1.